The summed E-state index contributed by atoms with van der Waals surface area (Å²) in [5, 5.41) is 11.5. The van der Waals surface area contributed by atoms with Crippen LogP contribution in [0.3, 0.4) is 0 Å². The Bertz CT molecular complexity index is 258. The molecule has 1 amide bonds. The summed E-state index contributed by atoms with van der Waals surface area (Å²) < 4.78 is 0. The Balaban J connectivity index is 4.24. The molecule has 4 heteroatoms. The van der Waals surface area contributed by atoms with E-state index >= 15 is 0 Å². The molecule has 0 spiro atoms. The molecular weight excluding hydrogens is 214 g/mol. The predicted octanol–water partition coefficient (Wildman–Crippen LogP) is 1.92. The third-order valence-corrected chi connectivity index (χ3v) is 2.85. The van der Waals surface area contributed by atoms with Crippen molar-refractivity contribution in [2.45, 2.75) is 59.0 Å². The Hall–Kier alpha value is -1.08. The van der Waals surface area contributed by atoms with Crippen LogP contribution < -0.4 is 5.32 Å². The minimum atomic E-state index is -0.166. The maximum atomic E-state index is 11.9. The summed E-state index contributed by atoms with van der Waals surface area (Å²) in [6.45, 7) is 9.49. The van der Waals surface area contributed by atoms with Gasteiger partial charge in [-0.05, 0) is 27.2 Å². The molecule has 0 saturated heterocycles. The topological polar surface area (TPSA) is 56.1 Å². The van der Waals surface area contributed by atoms with Crippen LogP contribution in [0.2, 0.25) is 0 Å². The minimum Gasteiger partial charge on any atom is -0.355 e. The highest BCUT2D eigenvalue weighted by Crippen LogP contribution is 2.06. The lowest BCUT2D eigenvalue weighted by Gasteiger charge is -2.31. The number of rotatable bonds is 8. The first-order valence-corrected chi connectivity index (χ1v) is 6.45. The summed E-state index contributed by atoms with van der Waals surface area (Å²) in [6.07, 6.45) is 2.56. The van der Waals surface area contributed by atoms with Gasteiger partial charge in [-0.1, -0.05) is 13.3 Å². The minimum absolute atomic E-state index is 0.0603. The molecule has 0 radical (unpaired) electrons. The molecule has 1 N–H and O–H groups in total. The van der Waals surface area contributed by atoms with Crippen LogP contribution in [0.4, 0.5) is 0 Å². The number of amides is 1. The third-order valence-electron chi connectivity index (χ3n) is 2.85. The van der Waals surface area contributed by atoms with E-state index in [1.54, 1.807) is 0 Å². The van der Waals surface area contributed by atoms with Crippen molar-refractivity contribution in [2.24, 2.45) is 0 Å². The van der Waals surface area contributed by atoms with Crippen LogP contribution in [-0.4, -0.2) is 36.0 Å². The van der Waals surface area contributed by atoms with Crippen molar-refractivity contribution < 1.29 is 4.79 Å². The van der Waals surface area contributed by atoms with Crippen molar-refractivity contribution in [1.29, 1.82) is 5.26 Å². The van der Waals surface area contributed by atoms with Gasteiger partial charge in [0.05, 0.1) is 12.1 Å². The van der Waals surface area contributed by atoms with Crippen LogP contribution >= 0.6 is 0 Å². The molecule has 0 saturated carbocycles. The first kappa shape index (κ1) is 15.9. The first-order valence-electron chi connectivity index (χ1n) is 6.45. The molecule has 0 aromatic carbocycles. The van der Waals surface area contributed by atoms with Crippen molar-refractivity contribution in [1.82, 2.24) is 10.2 Å². The number of carbonyl (C=O) groups is 1. The fourth-order valence-corrected chi connectivity index (χ4v) is 1.76. The summed E-state index contributed by atoms with van der Waals surface area (Å²) in [5.41, 5.74) is 0. The lowest BCUT2D eigenvalue weighted by molar-refractivity contribution is -0.126. The van der Waals surface area contributed by atoms with Gasteiger partial charge in [-0.15, -0.1) is 0 Å². The van der Waals surface area contributed by atoms with E-state index in [9.17, 15) is 4.79 Å². The predicted molar refractivity (Wildman–Crippen MR) is 69.5 cm³/mol. The fourth-order valence-electron chi connectivity index (χ4n) is 1.76. The molecule has 0 fully saturated rings. The Kier molecular flexibility index (Phi) is 8.43. The molecule has 0 heterocycles. The van der Waals surface area contributed by atoms with E-state index in [4.69, 9.17) is 5.26 Å². The van der Waals surface area contributed by atoms with Crippen LogP contribution in [-0.2, 0) is 4.79 Å². The first-order chi connectivity index (χ1) is 8.04. The van der Waals surface area contributed by atoms with E-state index in [1.807, 2.05) is 20.8 Å². The normalized spacial score (nSPS) is 12.5. The van der Waals surface area contributed by atoms with Crippen molar-refractivity contribution in [3.63, 3.8) is 0 Å². The highest BCUT2D eigenvalue weighted by Gasteiger charge is 2.22. The summed E-state index contributed by atoms with van der Waals surface area (Å²) in [5.74, 6) is 0.0603. The largest absolute Gasteiger partial charge is 0.355 e. The van der Waals surface area contributed by atoms with Gasteiger partial charge in [0, 0.05) is 25.6 Å². The molecule has 0 bridgehead atoms. The van der Waals surface area contributed by atoms with Crippen LogP contribution in [0.1, 0.15) is 47.0 Å². The molecule has 4 nitrogen and oxygen atoms in total. The number of nitrogens with zero attached hydrogens (tertiary/aromatic N) is 2. The quantitative estimate of drug-likeness (QED) is 0.658. The lowest BCUT2D eigenvalue weighted by atomic mass is 10.2. The highest BCUT2D eigenvalue weighted by molar-refractivity contribution is 5.81. The number of carbonyl (C=O) groups excluding carboxylic acids is 1. The molecule has 0 aliphatic heterocycles. The second-order valence-corrected chi connectivity index (χ2v) is 4.56. The Morgan fingerprint density at radius 1 is 1.41 bits per heavy atom. The molecule has 0 aromatic heterocycles. The van der Waals surface area contributed by atoms with Crippen molar-refractivity contribution in [2.75, 3.05) is 13.1 Å². The second-order valence-electron chi connectivity index (χ2n) is 4.56. The van der Waals surface area contributed by atoms with Gasteiger partial charge in [-0.3, -0.25) is 9.69 Å². The second kappa shape index (κ2) is 9.00. The van der Waals surface area contributed by atoms with E-state index in [2.05, 4.69) is 23.2 Å². The molecule has 1 unspecified atom stereocenters. The maximum absolute atomic E-state index is 11.9. The molecule has 0 aromatic rings. The number of nitriles is 1. The van der Waals surface area contributed by atoms with Gasteiger partial charge >= 0.3 is 0 Å². The average molecular weight is 239 g/mol. The summed E-state index contributed by atoms with van der Waals surface area (Å²) in [4.78, 5) is 14.0. The smallest absolute Gasteiger partial charge is 0.237 e. The molecule has 0 rings (SSSR count). The summed E-state index contributed by atoms with van der Waals surface area (Å²) in [7, 11) is 0. The van der Waals surface area contributed by atoms with Crippen molar-refractivity contribution in [3.8, 4) is 6.07 Å². The van der Waals surface area contributed by atoms with E-state index in [1.165, 1.54) is 0 Å². The molecular formula is C13H25N3O. The van der Waals surface area contributed by atoms with Gasteiger partial charge in [-0.2, -0.15) is 5.26 Å². The third kappa shape index (κ3) is 6.28. The zero-order chi connectivity index (χ0) is 13.3. The van der Waals surface area contributed by atoms with Crippen molar-refractivity contribution in [3.05, 3.63) is 0 Å². The van der Waals surface area contributed by atoms with E-state index in [0.29, 0.717) is 13.0 Å². The van der Waals surface area contributed by atoms with Gasteiger partial charge in [0.2, 0.25) is 5.91 Å². The molecule has 0 aliphatic rings. The SMILES string of the molecule is CCCCNC(=O)C(C)N(CCC#N)C(C)C. The zero-order valence-corrected chi connectivity index (χ0v) is 11.5. The van der Waals surface area contributed by atoms with Crippen LogP contribution in [0.25, 0.3) is 0 Å². The van der Waals surface area contributed by atoms with Crippen LogP contribution in [0.15, 0.2) is 0 Å². The number of hydrogen-bond donors (Lipinski definition) is 1. The van der Waals surface area contributed by atoms with E-state index in [0.717, 1.165) is 19.4 Å². The van der Waals surface area contributed by atoms with Crippen molar-refractivity contribution >= 4 is 5.91 Å². The molecule has 17 heavy (non-hydrogen) atoms. The van der Waals surface area contributed by atoms with Gasteiger partial charge in [-0.25, -0.2) is 0 Å². The number of nitrogens with one attached hydrogen (secondary N) is 1. The van der Waals surface area contributed by atoms with Gasteiger partial charge in [0.25, 0.3) is 0 Å². The Morgan fingerprint density at radius 3 is 2.53 bits per heavy atom. The fraction of sp³-hybridized carbons (Fsp3) is 0.846. The summed E-state index contributed by atoms with van der Waals surface area (Å²) in [6, 6.07) is 2.23. The lowest BCUT2D eigenvalue weighted by Crippen LogP contribution is -2.48. The van der Waals surface area contributed by atoms with Gasteiger partial charge in [0.1, 0.15) is 0 Å². The van der Waals surface area contributed by atoms with E-state index < -0.39 is 0 Å². The molecule has 0 aliphatic carbocycles. The molecule has 98 valence electrons. The monoisotopic (exact) mass is 239 g/mol. The average Bonchev–Trinajstić information content (AvgIpc) is 2.29. The Labute approximate surface area is 105 Å². The Morgan fingerprint density at radius 2 is 2.06 bits per heavy atom. The van der Waals surface area contributed by atoms with Gasteiger partial charge in [0.15, 0.2) is 0 Å². The van der Waals surface area contributed by atoms with Gasteiger partial charge < -0.3 is 5.32 Å². The van der Waals surface area contributed by atoms with E-state index in [-0.39, 0.29) is 18.0 Å². The number of unbranched alkanes of at least 4 members (excludes halogenated alkanes) is 1. The highest BCUT2D eigenvalue weighted by atomic mass is 16.2. The van der Waals surface area contributed by atoms with Crippen LogP contribution in [0, 0.1) is 11.3 Å². The maximum Gasteiger partial charge on any atom is 0.237 e. The standard InChI is InChI=1S/C13H25N3O/c1-5-6-9-15-13(17)12(4)16(11(2)3)10-7-8-14/h11-12H,5-7,9-10H2,1-4H3,(H,15,17). The van der Waals surface area contributed by atoms with Crippen LogP contribution in [0.5, 0.6) is 0 Å². The zero-order valence-electron chi connectivity index (χ0n) is 11.5. The number of hydrogen-bond acceptors (Lipinski definition) is 3. The summed E-state index contributed by atoms with van der Waals surface area (Å²) >= 11 is 0. The molecule has 1 atom stereocenters.